The topological polar surface area (TPSA) is 127 Å². The SMILES string of the molecule is C[S+]([O-])c1cccc(C(=O)Nc2cc(S(=O)O)cc(S(=O)O)c2)c1. The maximum atomic E-state index is 12.3. The van der Waals surface area contributed by atoms with Gasteiger partial charge in [-0.05, 0) is 41.5 Å². The third kappa shape index (κ3) is 4.72. The van der Waals surface area contributed by atoms with Crippen molar-refractivity contribution in [3.05, 3.63) is 48.0 Å². The molecule has 128 valence electrons. The zero-order valence-electron chi connectivity index (χ0n) is 12.3. The number of nitrogens with one attached hydrogen (secondary N) is 1. The molecule has 0 aliphatic rings. The fourth-order valence-corrected chi connectivity index (χ4v) is 3.41. The number of hydrogen-bond acceptors (Lipinski definition) is 4. The van der Waals surface area contributed by atoms with Crippen molar-refractivity contribution < 1.29 is 26.9 Å². The highest BCUT2D eigenvalue weighted by Gasteiger charge is 2.14. The second-order valence-electron chi connectivity index (χ2n) is 4.63. The lowest BCUT2D eigenvalue weighted by Gasteiger charge is -2.09. The molecule has 3 atom stereocenters. The minimum absolute atomic E-state index is 0.0975. The molecule has 0 fully saturated rings. The van der Waals surface area contributed by atoms with E-state index < -0.39 is 39.2 Å². The molecule has 2 rings (SSSR count). The summed E-state index contributed by atoms with van der Waals surface area (Å²) in [5.41, 5.74) is 0.338. The van der Waals surface area contributed by atoms with Gasteiger partial charge in [-0.15, -0.1) is 0 Å². The quantitative estimate of drug-likeness (QED) is 0.531. The zero-order chi connectivity index (χ0) is 17.9. The van der Waals surface area contributed by atoms with Gasteiger partial charge in [0.25, 0.3) is 5.91 Å². The molecule has 1 amide bonds. The Balaban J connectivity index is 2.33. The lowest BCUT2D eigenvalue weighted by molar-refractivity contribution is 0.102. The van der Waals surface area contributed by atoms with E-state index in [0.717, 1.165) is 6.07 Å². The highest BCUT2D eigenvalue weighted by atomic mass is 32.2. The third-order valence-electron chi connectivity index (χ3n) is 2.97. The van der Waals surface area contributed by atoms with Gasteiger partial charge in [0, 0.05) is 17.3 Å². The van der Waals surface area contributed by atoms with Crippen LogP contribution in [-0.4, -0.2) is 34.2 Å². The van der Waals surface area contributed by atoms with Crippen molar-refractivity contribution in [3.8, 4) is 0 Å². The lowest BCUT2D eigenvalue weighted by Crippen LogP contribution is -2.13. The second kappa shape index (κ2) is 8.01. The van der Waals surface area contributed by atoms with E-state index in [1.165, 1.54) is 30.5 Å². The van der Waals surface area contributed by atoms with Gasteiger partial charge in [-0.2, -0.15) is 0 Å². The van der Waals surface area contributed by atoms with Crippen LogP contribution in [0, 0.1) is 0 Å². The Labute approximate surface area is 146 Å². The summed E-state index contributed by atoms with van der Waals surface area (Å²) in [7, 11) is 0. The molecule has 0 heterocycles. The van der Waals surface area contributed by atoms with E-state index in [9.17, 15) is 17.8 Å². The summed E-state index contributed by atoms with van der Waals surface area (Å²) in [6, 6.07) is 9.74. The summed E-state index contributed by atoms with van der Waals surface area (Å²) in [6.07, 6.45) is 1.49. The van der Waals surface area contributed by atoms with Gasteiger partial charge >= 0.3 is 0 Å². The molecule has 0 aliphatic heterocycles. The van der Waals surface area contributed by atoms with E-state index in [0.29, 0.717) is 4.90 Å². The third-order valence-corrected chi connectivity index (χ3v) is 5.17. The minimum Gasteiger partial charge on any atom is -0.612 e. The molecule has 0 saturated heterocycles. The van der Waals surface area contributed by atoms with E-state index in [2.05, 4.69) is 5.32 Å². The van der Waals surface area contributed by atoms with Crippen LogP contribution >= 0.6 is 0 Å². The first-order valence-electron chi connectivity index (χ1n) is 6.39. The molecule has 0 saturated carbocycles. The van der Waals surface area contributed by atoms with Gasteiger partial charge in [-0.1, -0.05) is 6.07 Å². The maximum absolute atomic E-state index is 12.3. The van der Waals surface area contributed by atoms with Gasteiger partial charge < -0.3 is 19.0 Å². The number of amides is 1. The highest BCUT2D eigenvalue weighted by molar-refractivity contribution is 7.90. The predicted octanol–water partition coefficient (Wildman–Crippen LogP) is 1.84. The van der Waals surface area contributed by atoms with Crippen LogP contribution in [0.25, 0.3) is 0 Å². The summed E-state index contributed by atoms with van der Waals surface area (Å²) < 4.78 is 52.1. The van der Waals surface area contributed by atoms with E-state index in [1.807, 2.05) is 0 Å². The summed E-state index contributed by atoms with van der Waals surface area (Å²) in [6.45, 7) is 0. The summed E-state index contributed by atoms with van der Waals surface area (Å²) in [5, 5.41) is 2.49. The normalized spacial score (nSPS) is 14.7. The molecule has 10 heteroatoms. The first-order valence-corrected chi connectivity index (χ1v) is 10.2. The van der Waals surface area contributed by atoms with Crippen LogP contribution in [-0.2, 0) is 33.3 Å². The van der Waals surface area contributed by atoms with Crippen LogP contribution in [0.2, 0.25) is 0 Å². The minimum atomic E-state index is -2.37. The number of hydrogen-bond donors (Lipinski definition) is 3. The molecule has 0 bridgehead atoms. The van der Waals surface area contributed by atoms with E-state index in [1.54, 1.807) is 12.1 Å². The highest BCUT2D eigenvalue weighted by Crippen LogP contribution is 2.21. The van der Waals surface area contributed by atoms with Gasteiger partial charge in [0.15, 0.2) is 27.1 Å². The second-order valence-corrected chi connectivity index (χ2v) is 7.95. The van der Waals surface area contributed by atoms with Gasteiger partial charge in [0.05, 0.1) is 9.79 Å². The Morgan fingerprint density at radius 3 is 2.17 bits per heavy atom. The molecule has 2 aromatic carbocycles. The van der Waals surface area contributed by atoms with Crippen LogP contribution < -0.4 is 5.32 Å². The fourth-order valence-electron chi connectivity index (χ4n) is 1.86. The van der Waals surface area contributed by atoms with E-state index in [-0.39, 0.29) is 21.0 Å². The number of carbonyl (C=O) groups is 1. The average Bonchev–Trinajstić information content (AvgIpc) is 2.54. The van der Waals surface area contributed by atoms with Crippen LogP contribution in [0.3, 0.4) is 0 Å². The Morgan fingerprint density at radius 1 is 1.08 bits per heavy atom. The number of carbonyl (C=O) groups excluding carboxylic acids is 1. The smallest absolute Gasteiger partial charge is 0.255 e. The zero-order valence-corrected chi connectivity index (χ0v) is 14.7. The summed E-state index contributed by atoms with van der Waals surface area (Å²) >= 11 is -5.99. The molecular formula is C14H13NO6S3. The van der Waals surface area contributed by atoms with Crippen molar-refractivity contribution in [2.45, 2.75) is 14.7 Å². The Hall–Kier alpha value is -1.56. The predicted molar refractivity (Wildman–Crippen MR) is 91.2 cm³/mol. The van der Waals surface area contributed by atoms with Gasteiger partial charge in [-0.3, -0.25) is 4.79 Å². The molecule has 3 unspecified atom stereocenters. The van der Waals surface area contributed by atoms with Crippen molar-refractivity contribution in [1.82, 2.24) is 0 Å². The Kier molecular flexibility index (Phi) is 6.27. The molecule has 0 spiro atoms. The molecular weight excluding hydrogens is 374 g/mol. The first kappa shape index (κ1) is 18.8. The molecule has 0 aromatic heterocycles. The monoisotopic (exact) mass is 387 g/mol. The Morgan fingerprint density at radius 2 is 1.67 bits per heavy atom. The largest absolute Gasteiger partial charge is 0.612 e. The fraction of sp³-hybridized carbons (Fsp3) is 0.0714. The number of rotatable bonds is 5. The number of benzene rings is 2. The molecule has 0 radical (unpaired) electrons. The average molecular weight is 387 g/mol. The molecule has 24 heavy (non-hydrogen) atoms. The van der Waals surface area contributed by atoms with Gasteiger partial charge in [-0.25, -0.2) is 8.42 Å². The van der Waals surface area contributed by atoms with Crippen LogP contribution in [0.4, 0.5) is 5.69 Å². The van der Waals surface area contributed by atoms with Crippen molar-refractivity contribution in [2.75, 3.05) is 11.6 Å². The number of anilines is 1. The standard InChI is InChI=1S/C14H13NO6S3/c1-22(17)11-4-2-3-9(5-11)14(16)15-10-6-12(23(18)19)8-13(7-10)24(20)21/h2-8H,1H3,(H,15,16)(H,18,19)(H,20,21). The van der Waals surface area contributed by atoms with E-state index >= 15 is 0 Å². The Bertz CT molecular complexity index is 792. The van der Waals surface area contributed by atoms with Gasteiger partial charge in [0.1, 0.15) is 6.26 Å². The molecule has 2 aromatic rings. The first-order chi connectivity index (χ1) is 11.3. The van der Waals surface area contributed by atoms with Crippen LogP contribution in [0.5, 0.6) is 0 Å². The van der Waals surface area contributed by atoms with E-state index in [4.69, 9.17) is 9.11 Å². The van der Waals surface area contributed by atoms with Crippen LogP contribution in [0.15, 0.2) is 57.2 Å². The maximum Gasteiger partial charge on any atom is 0.255 e. The summed E-state index contributed by atoms with van der Waals surface area (Å²) in [4.78, 5) is 12.5. The molecule has 0 aliphatic carbocycles. The summed E-state index contributed by atoms with van der Waals surface area (Å²) in [5.74, 6) is -0.544. The van der Waals surface area contributed by atoms with Crippen molar-refractivity contribution in [2.24, 2.45) is 0 Å². The molecule has 7 nitrogen and oxygen atoms in total. The van der Waals surface area contributed by atoms with Gasteiger partial charge in [0.2, 0.25) is 0 Å². The van der Waals surface area contributed by atoms with Crippen molar-refractivity contribution in [1.29, 1.82) is 0 Å². The lowest BCUT2D eigenvalue weighted by atomic mass is 10.2. The van der Waals surface area contributed by atoms with Crippen LogP contribution in [0.1, 0.15) is 10.4 Å². The van der Waals surface area contributed by atoms with Crippen molar-refractivity contribution >= 4 is 44.9 Å². The van der Waals surface area contributed by atoms with Crippen molar-refractivity contribution in [3.63, 3.8) is 0 Å². The molecule has 3 N–H and O–H groups in total.